The highest BCUT2D eigenvalue weighted by Crippen LogP contribution is 2.30. The van der Waals surface area contributed by atoms with Crippen LogP contribution in [0.4, 0.5) is 0 Å². The van der Waals surface area contributed by atoms with Crippen LogP contribution in [0, 0.1) is 0 Å². The predicted octanol–water partition coefficient (Wildman–Crippen LogP) is 4.49. The molecular weight excluding hydrogens is 390 g/mol. The molecule has 5 nitrogen and oxygen atoms in total. The molecule has 0 bridgehead atoms. The van der Waals surface area contributed by atoms with Gasteiger partial charge in [0.1, 0.15) is 25.1 Å². The van der Waals surface area contributed by atoms with E-state index in [1.54, 1.807) is 24.3 Å². The van der Waals surface area contributed by atoms with Crippen LogP contribution in [0.15, 0.2) is 72.8 Å². The zero-order valence-electron chi connectivity index (χ0n) is 15.6. The van der Waals surface area contributed by atoms with E-state index in [1.165, 1.54) is 0 Å². The number of ether oxygens (including phenoxy) is 3. The average Bonchev–Trinajstić information content (AvgIpc) is 2.77. The van der Waals surface area contributed by atoms with Gasteiger partial charge in [-0.1, -0.05) is 41.9 Å². The predicted molar refractivity (Wildman–Crippen MR) is 111 cm³/mol. The molecule has 148 valence electrons. The van der Waals surface area contributed by atoms with E-state index >= 15 is 0 Å². The highest BCUT2D eigenvalue weighted by atomic mass is 35.5. The first-order valence-corrected chi connectivity index (χ1v) is 9.70. The van der Waals surface area contributed by atoms with Gasteiger partial charge in [-0.05, 0) is 42.5 Å². The first kappa shape index (κ1) is 19.2. The summed E-state index contributed by atoms with van der Waals surface area (Å²) in [7, 11) is 0. The van der Waals surface area contributed by atoms with Gasteiger partial charge in [0.2, 0.25) is 0 Å². The summed E-state index contributed by atoms with van der Waals surface area (Å²) in [5.41, 5.74) is 1.46. The van der Waals surface area contributed by atoms with Gasteiger partial charge < -0.3 is 19.5 Å². The van der Waals surface area contributed by atoms with Crippen LogP contribution in [0.25, 0.3) is 0 Å². The second-order valence-corrected chi connectivity index (χ2v) is 7.02. The number of carbonyl (C=O) groups excluding carboxylic acids is 1. The van der Waals surface area contributed by atoms with Crippen LogP contribution < -0.4 is 19.5 Å². The van der Waals surface area contributed by atoms with Crippen molar-refractivity contribution in [2.75, 3.05) is 13.2 Å². The van der Waals surface area contributed by atoms with Crippen molar-refractivity contribution in [3.05, 3.63) is 88.9 Å². The average molecular weight is 410 g/mol. The molecule has 0 aromatic heterocycles. The largest absolute Gasteiger partial charge is 0.489 e. The van der Waals surface area contributed by atoms with Crippen LogP contribution in [0.5, 0.6) is 17.2 Å². The summed E-state index contributed by atoms with van der Waals surface area (Å²) >= 11 is 6.13. The Bertz CT molecular complexity index is 990. The molecule has 3 aromatic rings. The molecular formula is C23H20ClNO4. The third-order valence-corrected chi connectivity index (χ3v) is 4.90. The zero-order chi connectivity index (χ0) is 20.1. The smallest absolute Gasteiger partial charge is 0.251 e. The molecule has 1 aliphatic heterocycles. The lowest BCUT2D eigenvalue weighted by Crippen LogP contribution is -2.40. The zero-order valence-corrected chi connectivity index (χ0v) is 16.4. The van der Waals surface area contributed by atoms with E-state index in [0.717, 1.165) is 11.3 Å². The summed E-state index contributed by atoms with van der Waals surface area (Å²) in [5.74, 6) is 1.91. The van der Waals surface area contributed by atoms with E-state index in [4.69, 9.17) is 25.8 Å². The fourth-order valence-corrected chi connectivity index (χ4v) is 3.14. The maximum atomic E-state index is 12.4. The van der Waals surface area contributed by atoms with Crippen molar-refractivity contribution >= 4 is 17.5 Å². The van der Waals surface area contributed by atoms with Gasteiger partial charge in [0.25, 0.3) is 5.91 Å². The topological polar surface area (TPSA) is 56.8 Å². The molecule has 29 heavy (non-hydrogen) atoms. The number of hydrogen-bond donors (Lipinski definition) is 1. The molecule has 0 aliphatic carbocycles. The molecule has 3 aromatic carbocycles. The lowest BCUT2D eigenvalue weighted by molar-refractivity contribution is 0.0789. The molecule has 4 rings (SSSR count). The Balaban J connectivity index is 1.28. The highest BCUT2D eigenvalue weighted by molar-refractivity contribution is 6.31. The molecule has 1 amide bonds. The maximum Gasteiger partial charge on any atom is 0.251 e. The Morgan fingerprint density at radius 1 is 1.00 bits per heavy atom. The van der Waals surface area contributed by atoms with E-state index in [-0.39, 0.29) is 12.0 Å². The number of amides is 1. The Hall–Kier alpha value is -3.18. The Morgan fingerprint density at radius 3 is 2.52 bits per heavy atom. The van der Waals surface area contributed by atoms with Crippen molar-refractivity contribution in [3.8, 4) is 17.2 Å². The van der Waals surface area contributed by atoms with Crippen LogP contribution in [-0.2, 0) is 6.61 Å². The molecule has 1 unspecified atom stereocenters. The second-order valence-electron chi connectivity index (χ2n) is 6.61. The van der Waals surface area contributed by atoms with Crippen LogP contribution in [-0.4, -0.2) is 25.2 Å². The number of rotatable bonds is 6. The molecule has 0 radical (unpaired) electrons. The summed E-state index contributed by atoms with van der Waals surface area (Å²) in [6, 6.07) is 22.0. The molecule has 1 aliphatic rings. The van der Waals surface area contributed by atoms with Crippen LogP contribution >= 0.6 is 11.6 Å². The fraction of sp³-hybridized carbons (Fsp3) is 0.174. The van der Waals surface area contributed by atoms with Gasteiger partial charge in [-0.15, -0.1) is 0 Å². The van der Waals surface area contributed by atoms with Crippen LogP contribution in [0.3, 0.4) is 0 Å². The van der Waals surface area contributed by atoms with E-state index in [2.05, 4.69) is 5.32 Å². The monoisotopic (exact) mass is 409 g/mol. The van der Waals surface area contributed by atoms with Gasteiger partial charge in [0.15, 0.2) is 11.5 Å². The van der Waals surface area contributed by atoms with Gasteiger partial charge in [-0.2, -0.15) is 0 Å². The van der Waals surface area contributed by atoms with Crippen molar-refractivity contribution in [3.63, 3.8) is 0 Å². The normalized spacial score (nSPS) is 14.9. The lowest BCUT2D eigenvalue weighted by Gasteiger charge is -2.26. The SMILES string of the molecule is O=C(NCC1COc2ccccc2O1)c1ccc(OCc2ccccc2Cl)cc1. The van der Waals surface area contributed by atoms with E-state index in [9.17, 15) is 4.79 Å². The Labute approximate surface area is 174 Å². The van der Waals surface area contributed by atoms with Crippen molar-refractivity contribution in [2.45, 2.75) is 12.7 Å². The summed E-state index contributed by atoms with van der Waals surface area (Å²) in [5, 5.41) is 3.55. The summed E-state index contributed by atoms with van der Waals surface area (Å²) in [6.07, 6.45) is -0.230. The lowest BCUT2D eigenvalue weighted by atomic mass is 10.2. The highest BCUT2D eigenvalue weighted by Gasteiger charge is 2.21. The van der Waals surface area contributed by atoms with E-state index in [1.807, 2.05) is 48.5 Å². The molecule has 1 atom stereocenters. The van der Waals surface area contributed by atoms with Gasteiger partial charge in [0, 0.05) is 16.1 Å². The van der Waals surface area contributed by atoms with Crippen molar-refractivity contribution in [1.82, 2.24) is 5.32 Å². The fourth-order valence-electron chi connectivity index (χ4n) is 2.95. The molecule has 1 N–H and O–H groups in total. The Morgan fingerprint density at radius 2 is 1.72 bits per heavy atom. The van der Waals surface area contributed by atoms with Crippen molar-refractivity contribution in [1.29, 1.82) is 0 Å². The van der Waals surface area contributed by atoms with Gasteiger partial charge in [0.05, 0.1) is 6.54 Å². The third-order valence-electron chi connectivity index (χ3n) is 4.53. The van der Waals surface area contributed by atoms with E-state index < -0.39 is 0 Å². The number of para-hydroxylation sites is 2. The number of hydrogen-bond acceptors (Lipinski definition) is 4. The standard InChI is InChI=1S/C23H20ClNO4/c24-20-6-2-1-5-17(20)14-27-18-11-9-16(10-12-18)23(26)25-13-19-15-28-21-7-3-4-8-22(21)29-19/h1-12,19H,13-15H2,(H,25,26). The van der Waals surface area contributed by atoms with E-state index in [0.29, 0.717) is 41.8 Å². The Kier molecular flexibility index (Phi) is 5.86. The minimum absolute atomic E-state index is 0.176. The molecule has 0 spiro atoms. The number of carbonyl (C=O) groups is 1. The second kappa shape index (κ2) is 8.88. The van der Waals surface area contributed by atoms with Crippen LogP contribution in [0.1, 0.15) is 15.9 Å². The molecule has 0 saturated carbocycles. The quantitative estimate of drug-likeness (QED) is 0.651. The molecule has 0 fully saturated rings. The molecule has 0 saturated heterocycles. The maximum absolute atomic E-state index is 12.4. The first-order chi connectivity index (χ1) is 14.2. The minimum Gasteiger partial charge on any atom is -0.489 e. The van der Waals surface area contributed by atoms with Crippen molar-refractivity contribution in [2.24, 2.45) is 0 Å². The molecule has 6 heteroatoms. The number of fused-ring (bicyclic) bond motifs is 1. The van der Waals surface area contributed by atoms with Gasteiger partial charge in [-0.3, -0.25) is 4.79 Å². The van der Waals surface area contributed by atoms with Gasteiger partial charge >= 0.3 is 0 Å². The number of halogens is 1. The minimum atomic E-state index is -0.230. The summed E-state index contributed by atoms with van der Waals surface area (Å²) in [6.45, 7) is 1.12. The number of nitrogens with one attached hydrogen (secondary N) is 1. The third kappa shape index (κ3) is 4.81. The number of benzene rings is 3. The molecule has 1 heterocycles. The first-order valence-electron chi connectivity index (χ1n) is 9.32. The van der Waals surface area contributed by atoms with Crippen LogP contribution in [0.2, 0.25) is 5.02 Å². The summed E-state index contributed by atoms with van der Waals surface area (Å²) in [4.78, 5) is 12.4. The van der Waals surface area contributed by atoms with Crippen molar-refractivity contribution < 1.29 is 19.0 Å². The van der Waals surface area contributed by atoms with Gasteiger partial charge in [-0.25, -0.2) is 0 Å². The summed E-state index contributed by atoms with van der Waals surface area (Å²) < 4.78 is 17.3.